The van der Waals surface area contributed by atoms with Crippen molar-refractivity contribution in [3.63, 3.8) is 0 Å². The molecule has 130 valence electrons. The number of benzene rings is 1. The molecule has 25 heavy (non-hydrogen) atoms. The van der Waals surface area contributed by atoms with Gasteiger partial charge in [-0.2, -0.15) is 5.10 Å². The smallest absolute Gasteiger partial charge is 0.271 e. The van der Waals surface area contributed by atoms with Crippen molar-refractivity contribution in [3.05, 3.63) is 63.6 Å². The molecule has 3 rings (SSSR count). The second-order valence-electron chi connectivity index (χ2n) is 5.91. The van der Waals surface area contributed by atoms with Crippen LogP contribution in [0.5, 0.6) is 0 Å². The maximum absolute atomic E-state index is 12.1. The lowest BCUT2D eigenvalue weighted by atomic mass is 10.1. The molecule has 0 spiro atoms. The van der Waals surface area contributed by atoms with Gasteiger partial charge in [0.25, 0.3) is 5.91 Å². The van der Waals surface area contributed by atoms with Gasteiger partial charge in [0.05, 0.1) is 10.0 Å². The van der Waals surface area contributed by atoms with E-state index in [0.29, 0.717) is 27.9 Å². The number of hydrogen-bond donors (Lipinski definition) is 2. The first-order chi connectivity index (χ1) is 11.9. The molecule has 0 saturated heterocycles. The summed E-state index contributed by atoms with van der Waals surface area (Å²) in [7, 11) is 0. The van der Waals surface area contributed by atoms with Gasteiger partial charge in [-0.05, 0) is 50.2 Å². The van der Waals surface area contributed by atoms with Gasteiger partial charge in [-0.1, -0.05) is 23.2 Å². The van der Waals surface area contributed by atoms with E-state index in [2.05, 4.69) is 15.5 Å². The van der Waals surface area contributed by atoms with Gasteiger partial charge in [0.2, 0.25) is 0 Å². The summed E-state index contributed by atoms with van der Waals surface area (Å²) in [5.74, 6) is 1.26. The van der Waals surface area contributed by atoms with Crippen molar-refractivity contribution in [1.29, 1.82) is 0 Å². The molecule has 0 aliphatic carbocycles. The minimum atomic E-state index is -0.215. The van der Waals surface area contributed by atoms with E-state index in [1.807, 2.05) is 32.0 Å². The number of rotatable bonds is 5. The molecule has 2 aromatic heterocycles. The number of amides is 1. The highest BCUT2D eigenvalue weighted by Gasteiger charge is 2.15. The lowest BCUT2D eigenvalue weighted by molar-refractivity contribution is 0.0934. The number of carbonyl (C=O) groups excluding carboxylic acids is 1. The first kappa shape index (κ1) is 17.6. The molecule has 3 aromatic rings. The molecule has 5 nitrogen and oxygen atoms in total. The summed E-state index contributed by atoms with van der Waals surface area (Å²) in [6.07, 6.45) is 0.566. The summed E-state index contributed by atoms with van der Waals surface area (Å²) in [5, 5.41) is 10.6. The van der Waals surface area contributed by atoms with E-state index in [9.17, 15) is 4.79 Å². The number of aromatic amines is 1. The number of furan rings is 1. The van der Waals surface area contributed by atoms with Crippen molar-refractivity contribution >= 4 is 29.1 Å². The summed E-state index contributed by atoms with van der Waals surface area (Å²) in [6.45, 7) is 3.76. The Kier molecular flexibility index (Phi) is 5.16. The van der Waals surface area contributed by atoms with Crippen molar-refractivity contribution in [2.75, 3.05) is 0 Å². The van der Waals surface area contributed by atoms with E-state index in [1.165, 1.54) is 0 Å². The number of H-pyrrole nitrogens is 1. The topological polar surface area (TPSA) is 70.9 Å². The normalized spacial score (nSPS) is 12.2. The van der Waals surface area contributed by atoms with E-state index in [0.717, 1.165) is 17.0 Å². The summed E-state index contributed by atoms with van der Waals surface area (Å²) >= 11 is 12.0. The Morgan fingerprint density at radius 1 is 1.24 bits per heavy atom. The zero-order valence-electron chi connectivity index (χ0n) is 13.8. The Labute approximate surface area is 155 Å². The number of aryl methyl sites for hydroxylation is 1. The Balaban J connectivity index is 1.64. The number of aromatic nitrogens is 2. The van der Waals surface area contributed by atoms with Crippen LogP contribution in [0.3, 0.4) is 0 Å². The SMILES string of the molecule is Cc1cc(C(=O)NC(C)Cc2ccc(-c3ccc(Cl)c(Cl)c3)o2)n[nH]1. The van der Waals surface area contributed by atoms with Crippen LogP contribution in [0, 0.1) is 6.92 Å². The third-order valence-corrected chi connectivity index (χ3v) is 4.43. The summed E-state index contributed by atoms with van der Waals surface area (Å²) in [4.78, 5) is 12.1. The molecule has 2 N–H and O–H groups in total. The Morgan fingerprint density at radius 3 is 2.72 bits per heavy atom. The Hall–Kier alpha value is -2.24. The zero-order chi connectivity index (χ0) is 18.0. The van der Waals surface area contributed by atoms with Gasteiger partial charge in [-0.3, -0.25) is 9.89 Å². The molecule has 0 aliphatic heterocycles. The Bertz CT molecular complexity index is 901. The van der Waals surface area contributed by atoms with E-state index >= 15 is 0 Å². The Morgan fingerprint density at radius 2 is 2.04 bits per heavy atom. The van der Waals surface area contributed by atoms with Gasteiger partial charge < -0.3 is 9.73 Å². The number of hydrogen-bond acceptors (Lipinski definition) is 3. The van der Waals surface area contributed by atoms with Gasteiger partial charge >= 0.3 is 0 Å². The second kappa shape index (κ2) is 7.33. The molecule has 0 saturated carbocycles. The van der Waals surface area contributed by atoms with Crippen LogP contribution in [-0.4, -0.2) is 22.1 Å². The highest BCUT2D eigenvalue weighted by atomic mass is 35.5. The lowest BCUT2D eigenvalue weighted by Crippen LogP contribution is -2.34. The number of nitrogens with zero attached hydrogens (tertiary/aromatic N) is 1. The van der Waals surface area contributed by atoms with E-state index in [4.69, 9.17) is 27.6 Å². The molecule has 0 bridgehead atoms. The minimum Gasteiger partial charge on any atom is -0.461 e. The van der Waals surface area contributed by atoms with Crippen molar-refractivity contribution in [1.82, 2.24) is 15.5 Å². The number of nitrogens with one attached hydrogen (secondary N) is 2. The van der Waals surface area contributed by atoms with Crippen LogP contribution in [0.2, 0.25) is 10.0 Å². The van der Waals surface area contributed by atoms with Crippen LogP contribution >= 0.6 is 23.2 Å². The fourth-order valence-electron chi connectivity index (χ4n) is 2.48. The molecule has 0 aliphatic rings. The maximum atomic E-state index is 12.1. The van der Waals surface area contributed by atoms with E-state index in [-0.39, 0.29) is 11.9 Å². The zero-order valence-corrected chi connectivity index (χ0v) is 15.3. The molecular formula is C18H17Cl2N3O2. The van der Waals surface area contributed by atoms with Gasteiger partial charge in [-0.15, -0.1) is 0 Å². The van der Waals surface area contributed by atoms with Gasteiger partial charge in [-0.25, -0.2) is 0 Å². The van der Waals surface area contributed by atoms with Crippen LogP contribution in [-0.2, 0) is 6.42 Å². The molecule has 1 amide bonds. The van der Waals surface area contributed by atoms with Gasteiger partial charge in [0, 0.05) is 23.7 Å². The molecule has 0 radical (unpaired) electrons. The highest BCUT2D eigenvalue weighted by molar-refractivity contribution is 6.42. The van der Waals surface area contributed by atoms with Gasteiger partial charge in [0.15, 0.2) is 0 Å². The summed E-state index contributed by atoms with van der Waals surface area (Å²) in [6, 6.07) is 10.7. The van der Waals surface area contributed by atoms with Crippen molar-refractivity contribution in [2.24, 2.45) is 0 Å². The summed E-state index contributed by atoms with van der Waals surface area (Å²) < 4.78 is 5.85. The molecule has 2 heterocycles. The predicted molar refractivity (Wildman–Crippen MR) is 98.1 cm³/mol. The third kappa shape index (κ3) is 4.24. The standard InChI is InChI=1S/C18H17Cl2N3O2/c1-10(21-18(24)16-8-11(2)22-23-16)7-13-4-6-17(25-13)12-3-5-14(19)15(20)9-12/h3-6,8-10H,7H2,1-2H3,(H,21,24)(H,22,23). The number of halogens is 2. The van der Waals surface area contributed by atoms with Crippen LogP contribution in [0.25, 0.3) is 11.3 Å². The summed E-state index contributed by atoms with van der Waals surface area (Å²) in [5.41, 5.74) is 2.07. The largest absolute Gasteiger partial charge is 0.461 e. The average Bonchev–Trinajstić information content (AvgIpc) is 3.19. The van der Waals surface area contributed by atoms with Crippen LogP contribution in [0.15, 0.2) is 40.8 Å². The highest BCUT2D eigenvalue weighted by Crippen LogP contribution is 2.29. The van der Waals surface area contributed by atoms with Crippen LogP contribution in [0.1, 0.15) is 28.9 Å². The lowest BCUT2D eigenvalue weighted by Gasteiger charge is -2.11. The predicted octanol–water partition coefficient (Wildman–Crippen LogP) is 4.65. The van der Waals surface area contributed by atoms with Crippen molar-refractivity contribution in [3.8, 4) is 11.3 Å². The van der Waals surface area contributed by atoms with Crippen LogP contribution in [0.4, 0.5) is 0 Å². The van der Waals surface area contributed by atoms with Gasteiger partial charge in [0.1, 0.15) is 17.2 Å². The van der Waals surface area contributed by atoms with Crippen molar-refractivity contribution in [2.45, 2.75) is 26.3 Å². The maximum Gasteiger partial charge on any atom is 0.271 e. The second-order valence-corrected chi connectivity index (χ2v) is 6.72. The minimum absolute atomic E-state index is 0.0997. The quantitative estimate of drug-likeness (QED) is 0.679. The third-order valence-electron chi connectivity index (χ3n) is 3.69. The molecular weight excluding hydrogens is 361 g/mol. The fraction of sp³-hybridized carbons (Fsp3) is 0.222. The first-order valence-electron chi connectivity index (χ1n) is 7.79. The average molecular weight is 378 g/mol. The van der Waals surface area contributed by atoms with E-state index < -0.39 is 0 Å². The first-order valence-corrected chi connectivity index (χ1v) is 8.55. The van der Waals surface area contributed by atoms with Crippen molar-refractivity contribution < 1.29 is 9.21 Å². The molecule has 1 atom stereocenters. The molecule has 7 heteroatoms. The molecule has 0 fully saturated rings. The molecule has 1 aromatic carbocycles. The monoisotopic (exact) mass is 377 g/mol. The van der Waals surface area contributed by atoms with Crippen LogP contribution < -0.4 is 5.32 Å². The van der Waals surface area contributed by atoms with E-state index in [1.54, 1.807) is 18.2 Å². The fourth-order valence-corrected chi connectivity index (χ4v) is 2.78. The number of carbonyl (C=O) groups is 1. The molecule has 1 unspecified atom stereocenters.